The second-order valence-corrected chi connectivity index (χ2v) is 8.55. The molecule has 0 unspecified atom stereocenters. The number of allylic oxidation sites excluding steroid dienone is 7. The van der Waals surface area contributed by atoms with E-state index in [1.807, 2.05) is 11.8 Å². The molecule has 1 aliphatic heterocycles. The van der Waals surface area contributed by atoms with Gasteiger partial charge < -0.3 is 0 Å². The number of benzene rings is 2. The fraction of sp³-hybridized carbons (Fsp3) is 0.0870. The third-order valence-corrected chi connectivity index (χ3v) is 5.57. The largest absolute Gasteiger partial charge is 0.235 e. The summed E-state index contributed by atoms with van der Waals surface area (Å²) in [5.74, 6) is 0. The normalized spacial score (nSPS) is 15.3. The van der Waals surface area contributed by atoms with Crippen LogP contribution in [0.4, 0.5) is 0 Å². The van der Waals surface area contributed by atoms with E-state index in [9.17, 15) is 0 Å². The van der Waals surface area contributed by atoms with Crippen molar-refractivity contribution in [3.63, 3.8) is 0 Å². The molecule has 30 heavy (non-hydrogen) atoms. The lowest BCUT2D eigenvalue weighted by Crippen LogP contribution is -2.68. The van der Waals surface area contributed by atoms with Crippen molar-refractivity contribution in [2.45, 2.75) is 4.90 Å². The van der Waals surface area contributed by atoms with Crippen molar-refractivity contribution in [1.82, 2.24) is 0 Å². The first-order valence-corrected chi connectivity index (χ1v) is 11.1. The van der Waals surface area contributed by atoms with Crippen LogP contribution in [0.15, 0.2) is 95.4 Å². The zero-order valence-corrected chi connectivity index (χ0v) is 18.0. The number of thioether (sulfide) groups is 1. The van der Waals surface area contributed by atoms with Crippen molar-refractivity contribution in [2.75, 3.05) is 14.1 Å². The molecule has 0 amide bonds. The van der Waals surface area contributed by atoms with E-state index in [0.717, 1.165) is 0 Å². The highest BCUT2D eigenvalue weighted by Gasteiger charge is 2.19. The van der Waals surface area contributed by atoms with E-state index in [4.69, 9.17) is 18.6 Å². The lowest BCUT2D eigenvalue weighted by molar-refractivity contribution is -2.00. The summed E-state index contributed by atoms with van der Waals surface area (Å²) in [7, 11) is -0.801. The fourth-order valence-corrected chi connectivity index (χ4v) is 4.16. The molecule has 0 saturated carbocycles. The van der Waals surface area contributed by atoms with Gasteiger partial charge in [-0.2, -0.15) is 0 Å². The number of nitrogens with zero attached hydrogens (tertiary/aromatic N) is 1. The molecule has 2 aromatic carbocycles. The van der Waals surface area contributed by atoms with Crippen LogP contribution >= 0.6 is 11.8 Å². The van der Waals surface area contributed by atoms with Gasteiger partial charge in [-0.15, -0.1) is 10.2 Å². The minimum Gasteiger partial charge on any atom is -0.235 e. The number of hydrogen-bond donors (Lipinski definition) is 0. The molecule has 0 radical (unpaired) electrons. The van der Waals surface area contributed by atoms with Crippen LogP contribution in [0.1, 0.15) is 11.1 Å². The van der Waals surface area contributed by atoms with Crippen molar-refractivity contribution >= 4 is 28.0 Å². The van der Waals surface area contributed by atoms with E-state index >= 15 is 0 Å². The topological polar surface area (TPSA) is 95.2 Å². The molecule has 0 saturated heterocycles. The summed E-state index contributed by atoms with van der Waals surface area (Å²) in [6.45, 7) is 0. The SMILES string of the molecule is C[N+](C)=C1C=CC(=C2C=C(c3ccccc3)Sc3ccccc32)C=C1.[O-][Cl+3]([O-])([O-])[O-]. The van der Waals surface area contributed by atoms with E-state index in [2.05, 4.69) is 104 Å². The van der Waals surface area contributed by atoms with Crippen molar-refractivity contribution in [3.05, 3.63) is 102 Å². The third kappa shape index (κ3) is 6.03. The van der Waals surface area contributed by atoms with Gasteiger partial charge in [0.05, 0.1) is 0 Å². The van der Waals surface area contributed by atoms with Gasteiger partial charge in [0.2, 0.25) is 0 Å². The van der Waals surface area contributed by atoms with Crippen LogP contribution in [-0.4, -0.2) is 24.4 Å². The summed E-state index contributed by atoms with van der Waals surface area (Å²) in [6.07, 6.45) is 11.1. The van der Waals surface area contributed by atoms with Crippen molar-refractivity contribution in [2.24, 2.45) is 0 Å². The maximum Gasteiger partial charge on any atom is 0.199 e. The molecule has 1 heterocycles. The fourth-order valence-electron chi connectivity index (χ4n) is 3.06. The standard InChI is InChI=1S/C23H20NS.ClHO4/c1-24(2)19-14-12-17(13-15-19)21-16-23(18-8-4-3-5-9-18)25-22-11-7-6-10-20(21)22;2-1(3,4)5/h3-16H,1-2H3;(H,2,3,4,5)/q+1;/p-1. The lowest BCUT2D eigenvalue weighted by Gasteiger charge is -2.21. The van der Waals surface area contributed by atoms with E-state index in [1.54, 1.807) is 0 Å². The maximum absolute atomic E-state index is 8.49. The first kappa shape index (κ1) is 22.2. The summed E-state index contributed by atoms with van der Waals surface area (Å²) in [5, 5.41) is 0. The molecule has 0 spiro atoms. The van der Waals surface area contributed by atoms with Crippen LogP contribution in [0, 0.1) is 10.2 Å². The van der Waals surface area contributed by atoms with Crippen LogP contribution < -0.4 is 18.6 Å². The molecule has 4 rings (SSSR count). The van der Waals surface area contributed by atoms with Crippen molar-refractivity contribution < 1.29 is 33.5 Å². The van der Waals surface area contributed by atoms with Gasteiger partial charge in [-0.1, -0.05) is 60.3 Å². The summed E-state index contributed by atoms with van der Waals surface area (Å²) in [4.78, 5) is 2.61. The first-order valence-electron chi connectivity index (χ1n) is 9.03. The van der Waals surface area contributed by atoms with E-state index < -0.39 is 10.2 Å². The second-order valence-electron chi connectivity index (χ2n) is 6.71. The van der Waals surface area contributed by atoms with Gasteiger partial charge >= 0.3 is 0 Å². The van der Waals surface area contributed by atoms with Gasteiger partial charge in [-0.25, -0.2) is 23.2 Å². The van der Waals surface area contributed by atoms with Crippen LogP contribution in [0.5, 0.6) is 0 Å². The monoisotopic (exact) mass is 441 g/mol. The summed E-state index contributed by atoms with van der Waals surface area (Å²) < 4.78 is 36.1. The molecule has 1 aliphatic carbocycles. The minimum atomic E-state index is -4.94. The van der Waals surface area contributed by atoms with Crippen molar-refractivity contribution in [3.8, 4) is 0 Å². The Balaban J connectivity index is 0.000000461. The van der Waals surface area contributed by atoms with Crippen LogP contribution in [0.2, 0.25) is 0 Å². The molecule has 0 atom stereocenters. The lowest BCUT2D eigenvalue weighted by atomic mass is 9.95. The third-order valence-electron chi connectivity index (χ3n) is 4.43. The smallest absolute Gasteiger partial charge is 0.199 e. The molecule has 0 aromatic heterocycles. The van der Waals surface area contributed by atoms with Gasteiger partial charge in [-0.05, 0) is 46.6 Å². The number of hydrogen-bond acceptors (Lipinski definition) is 5. The highest BCUT2D eigenvalue weighted by Crippen LogP contribution is 2.45. The summed E-state index contributed by atoms with van der Waals surface area (Å²) in [6, 6.07) is 19.3. The summed E-state index contributed by atoms with van der Waals surface area (Å²) in [5.41, 5.74) is 6.34. The van der Waals surface area contributed by atoms with E-state index in [0.29, 0.717) is 0 Å². The maximum atomic E-state index is 8.49. The Morgan fingerprint density at radius 3 is 1.93 bits per heavy atom. The Labute approximate surface area is 182 Å². The Kier molecular flexibility index (Phi) is 7.10. The van der Waals surface area contributed by atoms with E-state index in [-0.39, 0.29) is 0 Å². The average Bonchev–Trinajstić information content (AvgIpc) is 2.72. The van der Waals surface area contributed by atoms with Crippen molar-refractivity contribution in [1.29, 1.82) is 0 Å². The Hall–Kier alpha value is -2.45. The molecule has 154 valence electrons. The molecular weight excluding hydrogens is 422 g/mol. The molecule has 0 N–H and O–H groups in total. The zero-order chi connectivity index (χ0) is 21.7. The minimum absolute atomic E-state index is 1.22. The predicted octanol–water partition coefficient (Wildman–Crippen LogP) is 0.670. The van der Waals surface area contributed by atoms with Crippen LogP contribution in [-0.2, 0) is 0 Å². The number of fused-ring (bicyclic) bond motifs is 1. The number of halogens is 1. The quantitative estimate of drug-likeness (QED) is 0.606. The predicted molar refractivity (Wildman–Crippen MR) is 109 cm³/mol. The Morgan fingerprint density at radius 2 is 1.33 bits per heavy atom. The Bertz CT molecular complexity index is 1050. The van der Waals surface area contributed by atoms with Crippen LogP contribution in [0.25, 0.3) is 10.5 Å². The molecule has 2 aliphatic rings. The summed E-state index contributed by atoms with van der Waals surface area (Å²) >= 11 is 1.85. The molecular formula is C23H20ClNO4S. The molecule has 0 bridgehead atoms. The van der Waals surface area contributed by atoms with Gasteiger partial charge in [-0.3, -0.25) is 0 Å². The van der Waals surface area contributed by atoms with E-state index in [1.165, 1.54) is 37.8 Å². The van der Waals surface area contributed by atoms with Gasteiger partial charge in [0.1, 0.15) is 14.1 Å². The molecule has 5 nitrogen and oxygen atoms in total. The number of rotatable bonds is 1. The zero-order valence-electron chi connectivity index (χ0n) is 16.4. The average molecular weight is 442 g/mol. The molecule has 2 aromatic rings. The highest BCUT2D eigenvalue weighted by molar-refractivity contribution is 8.08. The Morgan fingerprint density at radius 1 is 0.767 bits per heavy atom. The first-order chi connectivity index (χ1) is 14.2. The highest BCUT2D eigenvalue weighted by atomic mass is 35.7. The van der Waals surface area contributed by atoms with Gasteiger partial charge in [0, 0.05) is 22.0 Å². The molecule has 7 heteroatoms. The van der Waals surface area contributed by atoms with Crippen LogP contribution in [0.3, 0.4) is 0 Å². The van der Waals surface area contributed by atoms with Gasteiger partial charge in [0.15, 0.2) is 5.71 Å². The second kappa shape index (κ2) is 9.57. The molecule has 0 fully saturated rings. The van der Waals surface area contributed by atoms with Gasteiger partial charge in [0.25, 0.3) is 0 Å².